The van der Waals surface area contributed by atoms with E-state index in [0.717, 1.165) is 17.5 Å². The Morgan fingerprint density at radius 3 is 2.77 bits per heavy atom. The first-order valence-electron chi connectivity index (χ1n) is 15.1. The number of benzene rings is 2. The van der Waals surface area contributed by atoms with Gasteiger partial charge >= 0.3 is 0 Å². The van der Waals surface area contributed by atoms with E-state index in [1.165, 1.54) is 28.3 Å². The third-order valence-electron chi connectivity index (χ3n) is 10.2. The van der Waals surface area contributed by atoms with E-state index in [1.54, 1.807) is 4.90 Å². The first-order valence-corrected chi connectivity index (χ1v) is 15.1. The molecular weight excluding hydrogens is 546 g/mol. The molecule has 0 saturated carbocycles. The standard InChI is InChI=1S/C33H35N5O5/c1-32(35-29(39)21-15-23-22-10-6-11-24-28(22)20(17-34-24)16-25(23)36(2)18-21)31(41)38-26(14-19-8-4-3-5-9-19)30(40)37-13-7-12-27(37)33(38,42)43-32/h3-6,8-11,17-18,23,25-27,34,42H,7,12-16H2,1-2H3,(H,35,39)/t23?,25-,26+,27+,32-,33+/m1/s1. The van der Waals surface area contributed by atoms with Gasteiger partial charge in [0.05, 0.1) is 0 Å². The fourth-order valence-electron chi connectivity index (χ4n) is 8.26. The number of hydrogen-bond acceptors (Lipinski definition) is 6. The van der Waals surface area contributed by atoms with Gasteiger partial charge in [0.2, 0.25) is 11.6 Å². The number of ether oxygens (including phenoxy) is 1. The number of amides is 3. The molecule has 222 valence electrons. The molecule has 0 radical (unpaired) electrons. The average Bonchev–Trinajstić information content (AvgIpc) is 3.70. The van der Waals surface area contributed by atoms with Crippen molar-refractivity contribution in [3.8, 4) is 0 Å². The Hall–Kier alpha value is -4.15. The van der Waals surface area contributed by atoms with Crippen LogP contribution >= 0.6 is 0 Å². The predicted molar refractivity (Wildman–Crippen MR) is 157 cm³/mol. The summed E-state index contributed by atoms with van der Waals surface area (Å²) in [4.78, 5) is 50.1. The lowest BCUT2D eigenvalue weighted by molar-refractivity contribution is -0.315. The molecular formula is C33H35N5O5. The van der Waals surface area contributed by atoms with E-state index in [-0.39, 0.29) is 24.3 Å². The van der Waals surface area contributed by atoms with E-state index in [9.17, 15) is 19.5 Å². The Labute approximate surface area is 249 Å². The topological polar surface area (TPSA) is 118 Å². The van der Waals surface area contributed by atoms with Crippen LogP contribution < -0.4 is 5.32 Å². The number of aliphatic hydroxyl groups is 1. The molecule has 3 fully saturated rings. The van der Waals surface area contributed by atoms with Crippen LogP contribution in [0, 0.1) is 0 Å². The Kier molecular flexibility index (Phi) is 5.65. The van der Waals surface area contributed by atoms with Crippen molar-refractivity contribution in [2.75, 3.05) is 13.6 Å². The molecule has 10 heteroatoms. The molecule has 4 aliphatic heterocycles. The number of aromatic amines is 1. The molecule has 2 aromatic carbocycles. The largest absolute Gasteiger partial charge is 0.376 e. The summed E-state index contributed by atoms with van der Waals surface area (Å²) in [6.07, 6.45) is 6.75. The first-order chi connectivity index (χ1) is 20.7. The number of hydrogen-bond donors (Lipinski definition) is 3. The number of piperazine rings is 1. The highest BCUT2D eigenvalue weighted by molar-refractivity contribution is 6.01. The Morgan fingerprint density at radius 1 is 1.14 bits per heavy atom. The summed E-state index contributed by atoms with van der Waals surface area (Å²) < 4.78 is 6.22. The van der Waals surface area contributed by atoms with E-state index in [0.29, 0.717) is 31.4 Å². The number of fused-ring (bicyclic) bond motifs is 5. The minimum absolute atomic E-state index is 0.103. The van der Waals surface area contributed by atoms with Crippen molar-refractivity contribution in [3.05, 3.63) is 83.2 Å². The molecule has 0 bridgehead atoms. The molecule has 5 aliphatic rings. The fraction of sp³-hybridized carbons (Fsp3) is 0.424. The second-order valence-corrected chi connectivity index (χ2v) is 12.8. The van der Waals surface area contributed by atoms with Crippen molar-refractivity contribution in [2.24, 2.45) is 0 Å². The number of nitrogens with zero attached hydrogens (tertiary/aromatic N) is 3. The van der Waals surface area contributed by atoms with Gasteiger partial charge in [-0.15, -0.1) is 0 Å². The van der Waals surface area contributed by atoms with Crippen LogP contribution in [0.25, 0.3) is 10.9 Å². The number of carbonyl (C=O) groups excluding carboxylic acids is 3. The summed E-state index contributed by atoms with van der Waals surface area (Å²) in [5.74, 6) is -3.19. The van der Waals surface area contributed by atoms with E-state index in [1.807, 2.05) is 49.6 Å². The minimum atomic E-state index is -2.05. The quantitative estimate of drug-likeness (QED) is 0.436. The van der Waals surface area contributed by atoms with Crippen LogP contribution in [0.2, 0.25) is 0 Å². The van der Waals surface area contributed by atoms with E-state index >= 15 is 0 Å². The van der Waals surface area contributed by atoms with Gasteiger partial charge < -0.3 is 25.2 Å². The zero-order valence-corrected chi connectivity index (χ0v) is 24.2. The first kappa shape index (κ1) is 26.5. The highest BCUT2D eigenvalue weighted by Gasteiger charge is 2.69. The summed E-state index contributed by atoms with van der Waals surface area (Å²) in [5.41, 5.74) is 3.14. The molecule has 43 heavy (non-hydrogen) atoms. The summed E-state index contributed by atoms with van der Waals surface area (Å²) in [6.45, 7) is 1.97. The van der Waals surface area contributed by atoms with Gasteiger partial charge in [0.1, 0.15) is 12.1 Å². The second kappa shape index (κ2) is 9.17. The Balaban J connectivity index is 1.09. The van der Waals surface area contributed by atoms with Crippen molar-refractivity contribution < 1.29 is 24.2 Å². The Bertz CT molecular complexity index is 1700. The van der Waals surface area contributed by atoms with Gasteiger partial charge in [-0.25, -0.2) is 0 Å². The molecule has 3 aromatic rings. The Morgan fingerprint density at radius 2 is 1.95 bits per heavy atom. The van der Waals surface area contributed by atoms with Gasteiger partial charge in [0.15, 0.2) is 0 Å². The molecule has 5 heterocycles. The zero-order chi connectivity index (χ0) is 29.7. The molecule has 8 rings (SSSR count). The predicted octanol–water partition coefficient (Wildman–Crippen LogP) is 2.35. The molecule has 6 atom stereocenters. The maximum Gasteiger partial charge on any atom is 0.280 e. The maximum absolute atomic E-state index is 14.2. The number of H-pyrrole nitrogens is 1. The van der Waals surface area contributed by atoms with Crippen molar-refractivity contribution in [1.82, 2.24) is 25.0 Å². The van der Waals surface area contributed by atoms with E-state index in [2.05, 4.69) is 33.5 Å². The molecule has 1 aliphatic carbocycles. The van der Waals surface area contributed by atoms with Crippen LogP contribution in [0.5, 0.6) is 0 Å². The smallest absolute Gasteiger partial charge is 0.280 e. The number of likely N-dealkylation sites (N-methyl/N-ethyl adjacent to an activating group) is 1. The van der Waals surface area contributed by atoms with Crippen molar-refractivity contribution in [1.29, 1.82) is 0 Å². The zero-order valence-electron chi connectivity index (χ0n) is 24.2. The molecule has 10 nitrogen and oxygen atoms in total. The fourth-order valence-corrected chi connectivity index (χ4v) is 8.26. The summed E-state index contributed by atoms with van der Waals surface area (Å²) in [5, 5.41) is 16.1. The van der Waals surface area contributed by atoms with Gasteiger partial charge in [-0.3, -0.25) is 24.0 Å². The number of aromatic nitrogens is 1. The van der Waals surface area contributed by atoms with Crippen LogP contribution in [0.15, 0.2) is 66.5 Å². The summed E-state index contributed by atoms with van der Waals surface area (Å²) in [6, 6.07) is 14.2. The third-order valence-corrected chi connectivity index (χ3v) is 10.2. The second-order valence-electron chi connectivity index (χ2n) is 12.8. The van der Waals surface area contributed by atoms with Gasteiger partial charge in [-0.05, 0) is 55.4 Å². The normalized spacial score (nSPS) is 32.9. The van der Waals surface area contributed by atoms with Crippen molar-refractivity contribution in [2.45, 2.75) is 74.7 Å². The lowest BCUT2D eigenvalue weighted by atomic mass is 9.75. The van der Waals surface area contributed by atoms with Gasteiger partial charge in [-0.1, -0.05) is 42.5 Å². The molecule has 1 unspecified atom stereocenters. The number of rotatable bonds is 4. The lowest BCUT2D eigenvalue weighted by Gasteiger charge is -2.48. The number of carbonyl (C=O) groups is 3. The lowest BCUT2D eigenvalue weighted by Crippen LogP contribution is -2.71. The van der Waals surface area contributed by atoms with Gasteiger partial charge in [0.25, 0.3) is 17.7 Å². The summed E-state index contributed by atoms with van der Waals surface area (Å²) >= 11 is 0. The summed E-state index contributed by atoms with van der Waals surface area (Å²) in [7, 11) is 1.98. The molecule has 3 N–H and O–H groups in total. The average molecular weight is 582 g/mol. The van der Waals surface area contributed by atoms with Crippen molar-refractivity contribution >= 4 is 28.6 Å². The van der Waals surface area contributed by atoms with Crippen LogP contribution in [0.4, 0.5) is 0 Å². The van der Waals surface area contributed by atoms with Crippen molar-refractivity contribution in [3.63, 3.8) is 0 Å². The molecule has 3 saturated heterocycles. The maximum atomic E-state index is 14.2. The van der Waals surface area contributed by atoms with E-state index < -0.39 is 35.5 Å². The van der Waals surface area contributed by atoms with Gasteiger partial charge in [0, 0.05) is 60.8 Å². The van der Waals surface area contributed by atoms with Gasteiger partial charge in [-0.2, -0.15) is 0 Å². The SMILES string of the molecule is CN1C=C(C(=O)N[C@]2(C)O[C@@]3(O)[C@@H]4CCCN4C(=O)[C@H](Cc4ccccc4)N3C2=O)CC2c3cccc4[nH]cc(c34)C[C@H]21. The highest BCUT2D eigenvalue weighted by Crippen LogP contribution is 2.47. The monoisotopic (exact) mass is 581 g/mol. The molecule has 3 amide bonds. The highest BCUT2D eigenvalue weighted by atomic mass is 16.7. The molecule has 1 aromatic heterocycles. The van der Waals surface area contributed by atoms with Crippen LogP contribution in [-0.2, 0) is 32.0 Å². The van der Waals surface area contributed by atoms with E-state index in [4.69, 9.17) is 4.74 Å². The minimum Gasteiger partial charge on any atom is -0.376 e. The third kappa shape index (κ3) is 3.75. The molecule has 0 spiro atoms. The van der Waals surface area contributed by atoms with Crippen LogP contribution in [0.1, 0.15) is 48.8 Å². The van der Waals surface area contributed by atoms with Crippen LogP contribution in [-0.4, -0.2) is 85.9 Å². The number of nitrogens with one attached hydrogen (secondary N) is 2. The van der Waals surface area contributed by atoms with Crippen LogP contribution in [0.3, 0.4) is 0 Å².